The van der Waals surface area contributed by atoms with Crippen LogP contribution in [0.1, 0.15) is 12.5 Å². The number of carbonyl (C=O) groups excluding carboxylic acids is 2. The summed E-state index contributed by atoms with van der Waals surface area (Å²) in [6.07, 6.45) is 0.594. The van der Waals surface area contributed by atoms with Crippen molar-refractivity contribution in [1.29, 1.82) is 0 Å². The number of nitrogens with one attached hydrogen (secondary N) is 1. The van der Waals surface area contributed by atoms with E-state index >= 15 is 0 Å². The third-order valence-corrected chi connectivity index (χ3v) is 4.05. The highest BCUT2D eigenvalue weighted by Crippen LogP contribution is 2.27. The summed E-state index contributed by atoms with van der Waals surface area (Å²) < 4.78 is 10.8. The highest BCUT2D eigenvalue weighted by atomic mass is 16.5. The Bertz CT molecular complexity index is 575. The van der Waals surface area contributed by atoms with Crippen molar-refractivity contribution in [2.45, 2.75) is 25.5 Å². The van der Waals surface area contributed by atoms with E-state index in [0.717, 1.165) is 17.7 Å². The van der Waals surface area contributed by atoms with Gasteiger partial charge in [0, 0.05) is 18.8 Å². The van der Waals surface area contributed by atoms with Gasteiger partial charge in [-0.15, -0.1) is 0 Å². The summed E-state index contributed by atoms with van der Waals surface area (Å²) in [5.74, 6) is -1.12. The molecular formula is C16H20N2O4. The molecule has 0 aromatic heterocycles. The van der Waals surface area contributed by atoms with Crippen molar-refractivity contribution >= 4 is 17.5 Å². The maximum absolute atomic E-state index is 12.4. The van der Waals surface area contributed by atoms with Crippen LogP contribution in [0.5, 0.6) is 0 Å². The van der Waals surface area contributed by atoms with E-state index in [-0.39, 0.29) is 12.1 Å². The molecule has 2 atom stereocenters. The zero-order valence-corrected chi connectivity index (χ0v) is 12.6. The molecule has 0 unspecified atom stereocenters. The van der Waals surface area contributed by atoms with Crippen molar-refractivity contribution < 1.29 is 19.1 Å². The first-order valence-electron chi connectivity index (χ1n) is 7.60. The number of anilines is 1. The van der Waals surface area contributed by atoms with Crippen LogP contribution in [0.2, 0.25) is 0 Å². The Kier molecular flexibility index (Phi) is 4.40. The van der Waals surface area contributed by atoms with Crippen molar-refractivity contribution in [2.24, 2.45) is 0 Å². The average Bonchev–Trinajstić information content (AvgIpc) is 3.14. The van der Waals surface area contributed by atoms with Crippen LogP contribution < -0.4 is 10.2 Å². The van der Waals surface area contributed by atoms with Gasteiger partial charge in [-0.05, 0) is 25.0 Å². The van der Waals surface area contributed by atoms with Crippen molar-refractivity contribution in [3.63, 3.8) is 0 Å². The van der Waals surface area contributed by atoms with Gasteiger partial charge in [0.25, 0.3) is 0 Å². The first kappa shape index (κ1) is 15.0. The second kappa shape index (κ2) is 6.46. The van der Waals surface area contributed by atoms with Gasteiger partial charge in [0.1, 0.15) is 6.10 Å². The van der Waals surface area contributed by atoms with Gasteiger partial charge >= 0.3 is 11.8 Å². The number of nitrogens with zero attached hydrogens (tertiary/aromatic N) is 1. The molecular weight excluding hydrogens is 284 g/mol. The van der Waals surface area contributed by atoms with Crippen molar-refractivity contribution in [2.75, 3.05) is 31.3 Å². The monoisotopic (exact) mass is 304 g/mol. The highest BCUT2D eigenvalue weighted by Gasteiger charge is 2.34. The molecule has 1 N–H and O–H groups in total. The molecule has 6 heteroatoms. The summed E-state index contributed by atoms with van der Waals surface area (Å²) in [4.78, 5) is 26.2. The maximum Gasteiger partial charge on any atom is 0.316 e. The molecule has 1 saturated heterocycles. The number of para-hydroxylation sites is 1. The van der Waals surface area contributed by atoms with E-state index in [9.17, 15) is 9.59 Å². The molecule has 2 heterocycles. The topological polar surface area (TPSA) is 67.9 Å². The third kappa shape index (κ3) is 2.84. The van der Waals surface area contributed by atoms with Crippen LogP contribution in [-0.2, 0) is 25.5 Å². The molecule has 0 saturated carbocycles. The van der Waals surface area contributed by atoms with Crippen LogP contribution in [-0.4, -0.2) is 50.3 Å². The van der Waals surface area contributed by atoms with Crippen LogP contribution in [0, 0.1) is 0 Å². The Morgan fingerprint density at radius 2 is 2.18 bits per heavy atom. The summed E-state index contributed by atoms with van der Waals surface area (Å²) in [6, 6.07) is 7.40. The minimum Gasteiger partial charge on any atom is -0.376 e. The first-order chi connectivity index (χ1) is 10.7. The van der Waals surface area contributed by atoms with Gasteiger partial charge in [-0.25, -0.2) is 0 Å². The molecule has 2 aliphatic rings. The van der Waals surface area contributed by atoms with Gasteiger partial charge < -0.3 is 19.7 Å². The minimum absolute atomic E-state index is 0.187. The molecule has 22 heavy (non-hydrogen) atoms. The van der Waals surface area contributed by atoms with E-state index in [2.05, 4.69) is 5.32 Å². The number of hydrogen-bond donors (Lipinski definition) is 1. The molecule has 0 spiro atoms. The molecule has 0 bridgehead atoms. The fourth-order valence-corrected chi connectivity index (χ4v) is 2.95. The van der Waals surface area contributed by atoms with Gasteiger partial charge in [0.2, 0.25) is 0 Å². The summed E-state index contributed by atoms with van der Waals surface area (Å²) in [7, 11) is 0. The molecule has 0 aliphatic carbocycles. The van der Waals surface area contributed by atoms with E-state index in [1.165, 1.54) is 4.90 Å². The van der Waals surface area contributed by atoms with E-state index in [1.54, 1.807) is 0 Å². The number of ether oxygens (including phenoxy) is 2. The zero-order chi connectivity index (χ0) is 15.5. The lowest BCUT2D eigenvalue weighted by Gasteiger charge is -2.21. The molecule has 118 valence electrons. The second-order valence-corrected chi connectivity index (χ2v) is 5.45. The third-order valence-electron chi connectivity index (χ3n) is 4.05. The fraction of sp³-hybridized carbons (Fsp3) is 0.500. The van der Waals surface area contributed by atoms with Gasteiger partial charge in [-0.2, -0.15) is 0 Å². The number of carbonyl (C=O) groups is 2. The van der Waals surface area contributed by atoms with Crippen LogP contribution in [0.15, 0.2) is 24.3 Å². The van der Waals surface area contributed by atoms with Crippen LogP contribution >= 0.6 is 0 Å². The molecule has 1 aromatic rings. The normalized spacial score (nSPS) is 23.4. The number of amides is 2. The Morgan fingerprint density at radius 3 is 3.00 bits per heavy atom. The Hall–Kier alpha value is -1.92. The van der Waals surface area contributed by atoms with E-state index in [4.69, 9.17) is 9.47 Å². The number of rotatable bonds is 3. The largest absolute Gasteiger partial charge is 0.376 e. The summed E-state index contributed by atoms with van der Waals surface area (Å²) in [6.45, 7) is 3.80. The smallest absolute Gasteiger partial charge is 0.316 e. The van der Waals surface area contributed by atoms with Gasteiger partial charge in [-0.1, -0.05) is 18.2 Å². The lowest BCUT2D eigenvalue weighted by atomic mass is 10.2. The Labute approximate surface area is 129 Å². The molecule has 1 aromatic carbocycles. The summed E-state index contributed by atoms with van der Waals surface area (Å²) in [5, 5.41) is 2.74. The van der Waals surface area contributed by atoms with Gasteiger partial charge in [0.05, 0.1) is 19.3 Å². The van der Waals surface area contributed by atoms with Crippen molar-refractivity contribution in [1.82, 2.24) is 5.32 Å². The zero-order valence-electron chi connectivity index (χ0n) is 12.6. The molecule has 2 amide bonds. The lowest BCUT2D eigenvalue weighted by Crippen LogP contribution is -2.50. The SMILES string of the molecule is CCO[C@@H]1COC[C@H]1NC(=O)C(=O)N1CCc2ccccc21. The quantitative estimate of drug-likeness (QED) is 0.826. The standard InChI is InChI=1S/C16H20N2O4/c1-2-22-14-10-21-9-12(14)17-15(19)16(20)18-8-7-11-5-3-4-6-13(11)18/h3-6,12,14H,2,7-10H2,1H3,(H,17,19)/t12-,14-/m1/s1. The van der Waals surface area contributed by atoms with E-state index in [1.807, 2.05) is 31.2 Å². The van der Waals surface area contributed by atoms with E-state index in [0.29, 0.717) is 26.4 Å². The predicted molar refractivity (Wildman–Crippen MR) is 80.7 cm³/mol. The van der Waals surface area contributed by atoms with Crippen molar-refractivity contribution in [3.05, 3.63) is 29.8 Å². The second-order valence-electron chi connectivity index (χ2n) is 5.45. The number of fused-ring (bicyclic) bond motifs is 1. The highest BCUT2D eigenvalue weighted by molar-refractivity contribution is 6.40. The van der Waals surface area contributed by atoms with Gasteiger partial charge in [0.15, 0.2) is 0 Å². The fourth-order valence-electron chi connectivity index (χ4n) is 2.95. The molecule has 0 radical (unpaired) electrons. The summed E-state index contributed by atoms with van der Waals surface area (Å²) in [5.41, 5.74) is 1.92. The van der Waals surface area contributed by atoms with Crippen LogP contribution in [0.25, 0.3) is 0 Å². The molecule has 6 nitrogen and oxygen atoms in total. The number of benzene rings is 1. The van der Waals surface area contributed by atoms with Gasteiger partial charge in [-0.3, -0.25) is 9.59 Å². The molecule has 1 fully saturated rings. The minimum atomic E-state index is -0.600. The predicted octanol–water partition coefficient (Wildman–Crippen LogP) is 0.496. The number of hydrogen-bond acceptors (Lipinski definition) is 4. The summed E-state index contributed by atoms with van der Waals surface area (Å²) >= 11 is 0. The van der Waals surface area contributed by atoms with Crippen molar-refractivity contribution in [3.8, 4) is 0 Å². The van der Waals surface area contributed by atoms with Crippen LogP contribution in [0.3, 0.4) is 0 Å². The molecule has 2 aliphatic heterocycles. The molecule has 3 rings (SSSR count). The Balaban J connectivity index is 1.65. The lowest BCUT2D eigenvalue weighted by molar-refractivity contribution is -0.138. The van der Waals surface area contributed by atoms with Crippen LogP contribution in [0.4, 0.5) is 5.69 Å². The average molecular weight is 304 g/mol. The Morgan fingerprint density at radius 1 is 1.36 bits per heavy atom. The van der Waals surface area contributed by atoms with E-state index < -0.39 is 11.8 Å². The first-order valence-corrected chi connectivity index (χ1v) is 7.60. The maximum atomic E-state index is 12.4.